The zero-order valence-electron chi connectivity index (χ0n) is 10.8. The zero-order valence-corrected chi connectivity index (χ0v) is 10.8. The molecule has 0 amide bonds. The highest BCUT2D eigenvalue weighted by molar-refractivity contribution is 5.97. The first-order chi connectivity index (χ1) is 8.49. The van der Waals surface area contributed by atoms with Crippen LogP contribution in [0.1, 0.15) is 25.0 Å². The van der Waals surface area contributed by atoms with Gasteiger partial charge in [-0.15, -0.1) is 0 Å². The van der Waals surface area contributed by atoms with Crippen molar-refractivity contribution in [1.29, 1.82) is 0 Å². The lowest BCUT2D eigenvalue weighted by atomic mass is 10.1. The number of aryl methyl sites for hydroxylation is 1. The van der Waals surface area contributed by atoms with E-state index in [1.54, 1.807) is 12.1 Å². The first-order valence-corrected chi connectivity index (χ1v) is 5.73. The summed E-state index contributed by atoms with van der Waals surface area (Å²) in [4.78, 5) is 15.7. The fourth-order valence-corrected chi connectivity index (χ4v) is 1.12. The van der Waals surface area contributed by atoms with Gasteiger partial charge in [-0.2, -0.15) is 0 Å². The minimum absolute atomic E-state index is 0.136. The molecule has 0 fully saturated rings. The maximum atomic E-state index is 11.1. The SMILES string of the molecule is Cc1ccc(/C(N)=N/OC(=O)OCC(C)C)cc1. The average Bonchev–Trinajstić information content (AvgIpc) is 2.34. The molecule has 1 aromatic carbocycles. The highest BCUT2D eigenvalue weighted by Crippen LogP contribution is 2.03. The summed E-state index contributed by atoms with van der Waals surface area (Å²) in [6, 6.07) is 7.40. The summed E-state index contributed by atoms with van der Waals surface area (Å²) < 4.78 is 4.79. The Morgan fingerprint density at radius 3 is 2.50 bits per heavy atom. The summed E-state index contributed by atoms with van der Waals surface area (Å²) in [7, 11) is 0. The Morgan fingerprint density at radius 1 is 1.33 bits per heavy atom. The molecule has 5 nitrogen and oxygen atoms in total. The van der Waals surface area contributed by atoms with Crippen molar-refractivity contribution in [2.75, 3.05) is 6.61 Å². The molecule has 0 aliphatic carbocycles. The van der Waals surface area contributed by atoms with Gasteiger partial charge in [0, 0.05) is 5.56 Å². The Kier molecular flexibility index (Phi) is 5.17. The van der Waals surface area contributed by atoms with Crippen LogP contribution in [0.2, 0.25) is 0 Å². The Bertz CT molecular complexity index is 424. The number of hydrogen-bond acceptors (Lipinski definition) is 4. The quantitative estimate of drug-likeness (QED) is 0.293. The molecular formula is C13H18N2O3. The van der Waals surface area contributed by atoms with Crippen molar-refractivity contribution in [3.63, 3.8) is 0 Å². The summed E-state index contributed by atoms with van der Waals surface area (Å²) in [5.74, 6) is 0.382. The van der Waals surface area contributed by atoms with E-state index in [1.807, 2.05) is 32.9 Å². The van der Waals surface area contributed by atoms with Crippen molar-refractivity contribution in [2.24, 2.45) is 16.8 Å². The van der Waals surface area contributed by atoms with Crippen molar-refractivity contribution in [2.45, 2.75) is 20.8 Å². The fourth-order valence-electron chi connectivity index (χ4n) is 1.12. The van der Waals surface area contributed by atoms with Crippen molar-refractivity contribution >= 4 is 12.0 Å². The second kappa shape index (κ2) is 6.64. The van der Waals surface area contributed by atoms with Gasteiger partial charge in [-0.1, -0.05) is 48.8 Å². The van der Waals surface area contributed by atoms with Gasteiger partial charge in [-0.3, -0.25) is 4.84 Å². The van der Waals surface area contributed by atoms with Crippen molar-refractivity contribution in [3.05, 3.63) is 35.4 Å². The first kappa shape index (κ1) is 14.0. The zero-order chi connectivity index (χ0) is 13.5. The minimum Gasteiger partial charge on any atom is -0.432 e. The molecule has 0 atom stereocenters. The van der Waals surface area contributed by atoms with Gasteiger partial charge in [0.15, 0.2) is 5.84 Å². The molecule has 0 bridgehead atoms. The number of carbonyl (C=O) groups excluding carboxylic acids is 1. The lowest BCUT2D eigenvalue weighted by Crippen LogP contribution is -2.16. The maximum Gasteiger partial charge on any atom is 0.535 e. The Hall–Kier alpha value is -2.04. The maximum absolute atomic E-state index is 11.1. The first-order valence-electron chi connectivity index (χ1n) is 5.73. The molecule has 0 radical (unpaired) electrons. The van der Waals surface area contributed by atoms with E-state index in [-0.39, 0.29) is 11.8 Å². The Morgan fingerprint density at radius 2 is 1.94 bits per heavy atom. The number of nitrogens with two attached hydrogens (primary N) is 1. The Labute approximate surface area is 107 Å². The van der Waals surface area contributed by atoms with Crippen LogP contribution >= 0.6 is 0 Å². The van der Waals surface area contributed by atoms with Gasteiger partial charge in [-0.05, 0) is 12.8 Å². The standard InChI is InChI=1S/C13H18N2O3/c1-9(2)8-17-13(16)18-15-12(14)11-6-4-10(3)5-7-11/h4-7,9H,8H2,1-3H3,(H2,14,15). The summed E-state index contributed by atoms with van der Waals surface area (Å²) in [6.07, 6.45) is -0.848. The molecule has 0 unspecified atom stereocenters. The molecular weight excluding hydrogens is 232 g/mol. The van der Waals surface area contributed by atoms with E-state index in [0.29, 0.717) is 12.2 Å². The monoisotopic (exact) mass is 250 g/mol. The molecule has 1 aromatic rings. The third kappa shape index (κ3) is 4.86. The lowest BCUT2D eigenvalue weighted by Gasteiger charge is -2.05. The summed E-state index contributed by atoms with van der Waals surface area (Å²) in [5.41, 5.74) is 7.47. The number of rotatable bonds is 4. The number of carbonyl (C=O) groups is 1. The number of benzene rings is 1. The fraction of sp³-hybridized carbons (Fsp3) is 0.385. The summed E-state index contributed by atoms with van der Waals surface area (Å²) in [6.45, 7) is 6.12. The molecule has 0 spiro atoms. The number of ether oxygens (including phenoxy) is 1. The molecule has 0 heterocycles. The minimum atomic E-state index is -0.848. The molecule has 2 N–H and O–H groups in total. The van der Waals surface area contributed by atoms with Gasteiger partial charge >= 0.3 is 6.16 Å². The van der Waals surface area contributed by atoms with Crippen molar-refractivity contribution < 1.29 is 14.4 Å². The highest BCUT2D eigenvalue weighted by atomic mass is 16.8. The van der Waals surface area contributed by atoms with Gasteiger partial charge in [0.05, 0.1) is 6.61 Å². The molecule has 1 rings (SSSR count). The van der Waals surface area contributed by atoms with Gasteiger partial charge in [0.2, 0.25) is 0 Å². The van der Waals surface area contributed by atoms with Crippen LogP contribution in [0.15, 0.2) is 29.4 Å². The van der Waals surface area contributed by atoms with Crippen molar-refractivity contribution in [3.8, 4) is 0 Å². The Balaban J connectivity index is 2.51. The number of amidine groups is 1. The summed E-state index contributed by atoms with van der Waals surface area (Å²) >= 11 is 0. The number of nitrogens with zero attached hydrogens (tertiary/aromatic N) is 1. The second-order valence-corrected chi connectivity index (χ2v) is 4.39. The summed E-state index contributed by atoms with van der Waals surface area (Å²) in [5, 5.41) is 3.52. The second-order valence-electron chi connectivity index (χ2n) is 4.39. The van der Waals surface area contributed by atoms with E-state index in [9.17, 15) is 4.79 Å². The van der Waals surface area contributed by atoms with Crippen LogP contribution in [0.3, 0.4) is 0 Å². The molecule has 98 valence electrons. The predicted octanol–water partition coefficient (Wildman–Crippen LogP) is 2.42. The van der Waals surface area contributed by atoms with Crippen LogP contribution < -0.4 is 5.73 Å². The third-order valence-corrected chi connectivity index (χ3v) is 2.10. The van der Waals surface area contributed by atoms with E-state index in [4.69, 9.17) is 10.5 Å². The van der Waals surface area contributed by atoms with Crippen LogP contribution in [-0.2, 0) is 9.57 Å². The normalized spacial score (nSPS) is 11.4. The van der Waals surface area contributed by atoms with Gasteiger partial charge < -0.3 is 10.5 Å². The molecule has 0 aliphatic heterocycles. The molecule has 5 heteroatoms. The van der Waals surface area contributed by atoms with Crippen LogP contribution in [0.25, 0.3) is 0 Å². The molecule has 0 saturated carbocycles. The smallest absolute Gasteiger partial charge is 0.432 e. The topological polar surface area (TPSA) is 73.9 Å². The van der Waals surface area contributed by atoms with Crippen molar-refractivity contribution in [1.82, 2.24) is 0 Å². The largest absolute Gasteiger partial charge is 0.535 e. The van der Waals surface area contributed by atoms with E-state index in [2.05, 4.69) is 9.99 Å². The molecule has 0 aromatic heterocycles. The molecule has 18 heavy (non-hydrogen) atoms. The molecule has 0 aliphatic rings. The lowest BCUT2D eigenvalue weighted by molar-refractivity contribution is 0.0494. The van der Waals surface area contributed by atoms with E-state index >= 15 is 0 Å². The predicted molar refractivity (Wildman–Crippen MR) is 69.2 cm³/mol. The molecule has 0 saturated heterocycles. The van der Waals surface area contributed by atoms with Gasteiger partial charge in [0.25, 0.3) is 0 Å². The van der Waals surface area contributed by atoms with E-state index < -0.39 is 6.16 Å². The number of oxime groups is 1. The van der Waals surface area contributed by atoms with Gasteiger partial charge in [0.1, 0.15) is 0 Å². The third-order valence-electron chi connectivity index (χ3n) is 2.10. The van der Waals surface area contributed by atoms with E-state index in [0.717, 1.165) is 5.56 Å². The van der Waals surface area contributed by atoms with Crippen LogP contribution in [0.5, 0.6) is 0 Å². The van der Waals surface area contributed by atoms with E-state index in [1.165, 1.54) is 0 Å². The highest BCUT2D eigenvalue weighted by Gasteiger charge is 2.06. The average molecular weight is 250 g/mol. The number of hydrogen-bond donors (Lipinski definition) is 1. The van der Waals surface area contributed by atoms with Crippen LogP contribution in [-0.4, -0.2) is 18.6 Å². The van der Waals surface area contributed by atoms with Gasteiger partial charge in [-0.25, -0.2) is 4.79 Å². The van der Waals surface area contributed by atoms with Crippen LogP contribution in [0.4, 0.5) is 4.79 Å². The van der Waals surface area contributed by atoms with Crippen LogP contribution in [0, 0.1) is 12.8 Å².